The first-order valence-electron chi connectivity index (χ1n) is 7.14. The van der Waals surface area contributed by atoms with Gasteiger partial charge in [-0.25, -0.2) is 15.0 Å². The van der Waals surface area contributed by atoms with Gasteiger partial charge in [-0.3, -0.25) is 9.78 Å². The molecule has 0 unspecified atom stereocenters. The van der Waals surface area contributed by atoms with Crippen LogP contribution in [0.15, 0.2) is 17.2 Å². The molecule has 9 heteroatoms. The summed E-state index contributed by atoms with van der Waals surface area (Å²) in [5.74, 6) is 0.569. The third-order valence-electron chi connectivity index (χ3n) is 3.76. The molecule has 2 aromatic heterocycles. The fourth-order valence-corrected chi connectivity index (χ4v) is 2.63. The molecule has 0 bridgehead atoms. The van der Waals surface area contributed by atoms with E-state index in [-0.39, 0.29) is 5.69 Å². The molecule has 1 saturated heterocycles. The summed E-state index contributed by atoms with van der Waals surface area (Å²) in [6, 6.07) is 0. The zero-order valence-corrected chi connectivity index (χ0v) is 13.5. The summed E-state index contributed by atoms with van der Waals surface area (Å²) < 4.78 is 13.3. The van der Waals surface area contributed by atoms with Crippen molar-refractivity contribution in [2.45, 2.75) is 6.92 Å². The van der Waals surface area contributed by atoms with Crippen LogP contribution in [0.1, 0.15) is 5.69 Å². The van der Waals surface area contributed by atoms with Crippen molar-refractivity contribution >= 4 is 23.5 Å². The summed E-state index contributed by atoms with van der Waals surface area (Å²) in [6.45, 7) is 3.77. The number of rotatable bonds is 4. The summed E-state index contributed by atoms with van der Waals surface area (Å²) in [6.07, 6.45) is 3.14. The van der Waals surface area contributed by atoms with E-state index in [0.717, 1.165) is 13.1 Å². The van der Waals surface area contributed by atoms with Crippen LogP contribution in [-0.4, -0.2) is 46.6 Å². The highest BCUT2D eigenvalue weighted by molar-refractivity contribution is 6.30. The van der Waals surface area contributed by atoms with Crippen LogP contribution in [0.4, 0.5) is 16.3 Å². The van der Waals surface area contributed by atoms with Crippen molar-refractivity contribution in [3.8, 4) is 0 Å². The van der Waals surface area contributed by atoms with Crippen LogP contribution < -0.4 is 15.4 Å². The topological polar surface area (TPSA) is 78.0 Å². The Labute approximate surface area is 137 Å². The highest BCUT2D eigenvalue weighted by Gasteiger charge is 2.30. The lowest BCUT2D eigenvalue weighted by Gasteiger charge is -2.40. The van der Waals surface area contributed by atoms with Crippen molar-refractivity contribution in [2.24, 2.45) is 5.92 Å². The van der Waals surface area contributed by atoms with E-state index >= 15 is 0 Å². The first kappa shape index (κ1) is 15.7. The maximum Gasteiger partial charge on any atom is 0.288 e. The van der Waals surface area contributed by atoms with Gasteiger partial charge in [0.1, 0.15) is 0 Å². The number of aromatic amines is 1. The Balaban J connectivity index is 1.59. The summed E-state index contributed by atoms with van der Waals surface area (Å²) in [7, 11) is 1.82. The molecule has 2 aromatic rings. The van der Waals surface area contributed by atoms with E-state index in [1.165, 1.54) is 6.92 Å². The minimum absolute atomic E-state index is 0.0976. The molecule has 0 radical (unpaired) electrons. The summed E-state index contributed by atoms with van der Waals surface area (Å²) in [5, 5.41) is 0.507. The molecular weight excluding hydrogens is 323 g/mol. The molecule has 7 nitrogen and oxygen atoms in total. The van der Waals surface area contributed by atoms with Gasteiger partial charge in [0.2, 0.25) is 17.7 Å². The van der Waals surface area contributed by atoms with Crippen LogP contribution in [0.25, 0.3) is 0 Å². The number of nitrogens with zero attached hydrogens (tertiary/aromatic N) is 5. The quantitative estimate of drug-likeness (QED) is 0.903. The third-order valence-corrected chi connectivity index (χ3v) is 3.95. The molecular formula is C14H16ClFN6O. The Morgan fingerprint density at radius 1 is 1.43 bits per heavy atom. The van der Waals surface area contributed by atoms with E-state index in [0.29, 0.717) is 29.4 Å². The molecule has 122 valence electrons. The largest absolute Gasteiger partial charge is 0.345 e. The van der Waals surface area contributed by atoms with E-state index in [4.69, 9.17) is 11.6 Å². The second kappa shape index (κ2) is 6.11. The lowest BCUT2D eigenvalue weighted by Crippen LogP contribution is -2.52. The molecule has 1 aliphatic rings. The van der Waals surface area contributed by atoms with E-state index < -0.39 is 11.4 Å². The first-order valence-corrected chi connectivity index (χ1v) is 7.52. The smallest absolute Gasteiger partial charge is 0.288 e. The van der Waals surface area contributed by atoms with Crippen molar-refractivity contribution in [2.75, 3.05) is 36.5 Å². The van der Waals surface area contributed by atoms with Crippen LogP contribution in [0, 0.1) is 18.7 Å². The molecule has 0 aromatic carbocycles. The predicted octanol–water partition coefficient (Wildman–Crippen LogP) is 1.23. The van der Waals surface area contributed by atoms with Gasteiger partial charge in [0.15, 0.2) is 0 Å². The Kier molecular flexibility index (Phi) is 4.16. The highest BCUT2D eigenvalue weighted by Crippen LogP contribution is 2.22. The monoisotopic (exact) mass is 338 g/mol. The number of hydrogen-bond acceptors (Lipinski definition) is 6. The fourth-order valence-electron chi connectivity index (χ4n) is 2.53. The fraction of sp³-hybridized carbons (Fsp3) is 0.429. The van der Waals surface area contributed by atoms with Crippen LogP contribution in [0.3, 0.4) is 0 Å². The maximum absolute atomic E-state index is 13.3. The molecule has 3 heterocycles. The van der Waals surface area contributed by atoms with Gasteiger partial charge in [-0.1, -0.05) is 11.6 Å². The Hall–Kier alpha value is -2.22. The van der Waals surface area contributed by atoms with Crippen LogP contribution in [0.5, 0.6) is 0 Å². The van der Waals surface area contributed by atoms with E-state index in [9.17, 15) is 9.18 Å². The number of aryl methyl sites for hydroxylation is 1. The Morgan fingerprint density at radius 2 is 2.09 bits per heavy atom. The zero-order valence-electron chi connectivity index (χ0n) is 12.8. The molecule has 1 aliphatic heterocycles. The highest BCUT2D eigenvalue weighted by atomic mass is 35.5. The van der Waals surface area contributed by atoms with Crippen molar-refractivity contribution in [1.82, 2.24) is 19.9 Å². The third kappa shape index (κ3) is 3.26. The second-order valence-electron chi connectivity index (χ2n) is 5.64. The summed E-state index contributed by atoms with van der Waals surface area (Å²) in [5.41, 5.74) is -0.649. The molecule has 1 N–H and O–H groups in total. The van der Waals surface area contributed by atoms with Gasteiger partial charge in [-0.15, -0.1) is 0 Å². The lowest BCUT2D eigenvalue weighted by molar-refractivity contribution is 0.405. The Morgan fingerprint density at radius 3 is 2.70 bits per heavy atom. The van der Waals surface area contributed by atoms with Gasteiger partial charge < -0.3 is 9.80 Å². The van der Waals surface area contributed by atoms with Crippen molar-refractivity contribution in [3.05, 3.63) is 39.3 Å². The molecule has 0 saturated carbocycles. The number of H-pyrrole nitrogens is 1. The van der Waals surface area contributed by atoms with Crippen molar-refractivity contribution < 1.29 is 4.39 Å². The molecule has 3 rings (SSSR count). The van der Waals surface area contributed by atoms with Gasteiger partial charge in [0, 0.05) is 32.6 Å². The molecule has 0 amide bonds. The van der Waals surface area contributed by atoms with Gasteiger partial charge in [0.05, 0.1) is 23.1 Å². The maximum atomic E-state index is 13.3. The average molecular weight is 339 g/mol. The van der Waals surface area contributed by atoms with Crippen molar-refractivity contribution in [1.29, 1.82) is 0 Å². The van der Waals surface area contributed by atoms with E-state index in [1.807, 2.05) is 16.8 Å². The summed E-state index contributed by atoms with van der Waals surface area (Å²) in [4.78, 5) is 30.2. The van der Waals surface area contributed by atoms with E-state index in [1.54, 1.807) is 12.4 Å². The molecule has 0 spiro atoms. The molecule has 23 heavy (non-hydrogen) atoms. The SMILES string of the molecule is Cc1nc(N(C)CC2CN(c3ncc(Cl)cn3)C2)[nH]c(=O)c1F. The molecule has 0 atom stereocenters. The number of anilines is 2. The summed E-state index contributed by atoms with van der Waals surface area (Å²) >= 11 is 5.77. The minimum Gasteiger partial charge on any atom is -0.345 e. The molecule has 1 fully saturated rings. The van der Waals surface area contributed by atoms with Crippen LogP contribution in [-0.2, 0) is 0 Å². The van der Waals surface area contributed by atoms with E-state index in [2.05, 4.69) is 19.9 Å². The zero-order chi connectivity index (χ0) is 16.6. The predicted molar refractivity (Wildman–Crippen MR) is 85.6 cm³/mol. The van der Waals surface area contributed by atoms with Crippen molar-refractivity contribution in [3.63, 3.8) is 0 Å². The normalized spacial score (nSPS) is 14.7. The second-order valence-corrected chi connectivity index (χ2v) is 6.08. The van der Waals surface area contributed by atoms with Crippen LogP contribution >= 0.6 is 11.6 Å². The minimum atomic E-state index is -0.836. The van der Waals surface area contributed by atoms with Gasteiger partial charge in [0.25, 0.3) is 5.56 Å². The number of hydrogen-bond donors (Lipinski definition) is 1. The first-order chi connectivity index (χ1) is 10.9. The average Bonchev–Trinajstić information content (AvgIpc) is 2.48. The number of aromatic nitrogens is 4. The van der Waals surface area contributed by atoms with Gasteiger partial charge >= 0.3 is 0 Å². The van der Waals surface area contributed by atoms with Gasteiger partial charge in [-0.2, -0.15) is 4.39 Å². The molecule has 0 aliphatic carbocycles. The lowest BCUT2D eigenvalue weighted by atomic mass is 10.0. The van der Waals surface area contributed by atoms with Crippen LogP contribution in [0.2, 0.25) is 5.02 Å². The van der Waals surface area contributed by atoms with Gasteiger partial charge in [-0.05, 0) is 6.92 Å². The standard InChI is InChI=1S/C14H16ClFN6O/c1-8-11(16)12(23)20-14(19-8)21(2)5-9-6-22(7-9)13-17-3-10(15)4-18-13/h3-4,9H,5-7H2,1-2H3,(H,19,20,23). The Bertz CT molecular complexity index is 759. The number of nitrogens with one attached hydrogen (secondary N) is 1. The number of halogens is 2.